The predicted octanol–water partition coefficient (Wildman–Crippen LogP) is 4.41. The average Bonchev–Trinajstić information content (AvgIpc) is 3.18. The molecule has 0 radical (unpaired) electrons. The Morgan fingerprint density at radius 3 is 2.80 bits per heavy atom. The summed E-state index contributed by atoms with van der Waals surface area (Å²) >= 11 is 0. The van der Waals surface area contributed by atoms with Crippen molar-refractivity contribution in [2.45, 2.75) is 57.9 Å². The standard InChI is InChI=1S/C18H25NO/c1-4-18(2,3)14-5-8-17-16(11-14)13(12-20-17)9-10-19-15-6-7-15/h5,8,11-12,15,19H,4,6-7,9-10H2,1-3H3. The number of furan rings is 1. The fourth-order valence-electron chi connectivity index (χ4n) is 2.60. The highest BCUT2D eigenvalue weighted by atomic mass is 16.3. The molecule has 2 heteroatoms. The number of rotatable bonds is 6. The third kappa shape index (κ3) is 2.76. The molecule has 1 heterocycles. The van der Waals surface area contributed by atoms with E-state index < -0.39 is 0 Å². The van der Waals surface area contributed by atoms with Crippen molar-refractivity contribution in [2.75, 3.05) is 6.54 Å². The molecule has 1 aromatic heterocycles. The van der Waals surface area contributed by atoms with Gasteiger partial charge < -0.3 is 9.73 Å². The number of fused-ring (bicyclic) bond motifs is 1. The minimum Gasteiger partial charge on any atom is -0.464 e. The maximum atomic E-state index is 5.70. The van der Waals surface area contributed by atoms with E-state index in [0.717, 1.165) is 31.0 Å². The highest BCUT2D eigenvalue weighted by Crippen LogP contribution is 2.31. The Morgan fingerprint density at radius 2 is 2.10 bits per heavy atom. The third-order valence-corrected chi connectivity index (χ3v) is 4.72. The Labute approximate surface area is 121 Å². The Bertz CT molecular complexity index is 592. The van der Waals surface area contributed by atoms with E-state index >= 15 is 0 Å². The van der Waals surface area contributed by atoms with Crippen molar-refractivity contribution >= 4 is 11.0 Å². The second kappa shape index (κ2) is 5.25. The number of hydrogen-bond donors (Lipinski definition) is 1. The van der Waals surface area contributed by atoms with Gasteiger partial charge in [-0.15, -0.1) is 0 Å². The van der Waals surface area contributed by atoms with Gasteiger partial charge in [0.05, 0.1) is 6.26 Å². The van der Waals surface area contributed by atoms with Crippen molar-refractivity contribution in [2.24, 2.45) is 0 Å². The van der Waals surface area contributed by atoms with Gasteiger partial charge in [0, 0.05) is 11.4 Å². The van der Waals surface area contributed by atoms with Gasteiger partial charge in [-0.05, 0) is 60.9 Å². The molecule has 108 valence electrons. The number of benzene rings is 1. The molecule has 0 aliphatic heterocycles. The lowest BCUT2D eigenvalue weighted by Gasteiger charge is -2.23. The van der Waals surface area contributed by atoms with Gasteiger partial charge in [0.25, 0.3) is 0 Å². The predicted molar refractivity (Wildman–Crippen MR) is 84.3 cm³/mol. The normalized spacial score (nSPS) is 15.9. The lowest BCUT2D eigenvalue weighted by molar-refractivity contribution is 0.506. The zero-order valence-corrected chi connectivity index (χ0v) is 12.8. The van der Waals surface area contributed by atoms with Gasteiger partial charge in [-0.1, -0.05) is 26.8 Å². The van der Waals surface area contributed by atoms with Gasteiger partial charge in [-0.2, -0.15) is 0 Å². The second-order valence-corrected chi connectivity index (χ2v) is 6.69. The van der Waals surface area contributed by atoms with Crippen LogP contribution in [-0.2, 0) is 11.8 Å². The van der Waals surface area contributed by atoms with E-state index in [0.29, 0.717) is 0 Å². The van der Waals surface area contributed by atoms with Crippen molar-refractivity contribution < 1.29 is 4.42 Å². The monoisotopic (exact) mass is 271 g/mol. The molecular formula is C18H25NO. The van der Waals surface area contributed by atoms with Crippen LogP contribution in [0, 0.1) is 0 Å². The highest BCUT2D eigenvalue weighted by Gasteiger charge is 2.21. The summed E-state index contributed by atoms with van der Waals surface area (Å²) in [4.78, 5) is 0. The van der Waals surface area contributed by atoms with Crippen LogP contribution < -0.4 is 5.32 Å². The molecule has 1 aromatic carbocycles. The van der Waals surface area contributed by atoms with E-state index in [2.05, 4.69) is 44.3 Å². The molecule has 1 fully saturated rings. The highest BCUT2D eigenvalue weighted by molar-refractivity contribution is 5.82. The molecule has 1 aliphatic rings. The number of nitrogens with one attached hydrogen (secondary N) is 1. The molecule has 0 saturated heterocycles. The van der Waals surface area contributed by atoms with Crippen molar-refractivity contribution in [1.29, 1.82) is 0 Å². The lowest BCUT2D eigenvalue weighted by Crippen LogP contribution is -2.19. The fourth-order valence-corrected chi connectivity index (χ4v) is 2.60. The minimum absolute atomic E-state index is 0.231. The van der Waals surface area contributed by atoms with Gasteiger partial charge in [-0.3, -0.25) is 0 Å². The molecule has 2 aromatic rings. The SMILES string of the molecule is CCC(C)(C)c1ccc2occ(CCNC3CC3)c2c1. The van der Waals surface area contributed by atoms with E-state index in [1.165, 1.54) is 29.4 Å². The zero-order chi connectivity index (χ0) is 14.2. The molecule has 1 aliphatic carbocycles. The van der Waals surface area contributed by atoms with Crippen molar-refractivity contribution in [3.05, 3.63) is 35.6 Å². The number of hydrogen-bond acceptors (Lipinski definition) is 2. The van der Waals surface area contributed by atoms with Crippen LogP contribution in [-0.4, -0.2) is 12.6 Å². The van der Waals surface area contributed by atoms with Gasteiger partial charge in [0.1, 0.15) is 5.58 Å². The summed E-state index contributed by atoms with van der Waals surface area (Å²) in [6.07, 6.45) is 6.83. The molecule has 1 saturated carbocycles. The quantitative estimate of drug-likeness (QED) is 0.841. The first-order valence-corrected chi connectivity index (χ1v) is 7.84. The van der Waals surface area contributed by atoms with E-state index in [1.807, 2.05) is 6.26 Å². The summed E-state index contributed by atoms with van der Waals surface area (Å²) in [7, 11) is 0. The Morgan fingerprint density at radius 1 is 1.30 bits per heavy atom. The van der Waals surface area contributed by atoms with E-state index in [-0.39, 0.29) is 5.41 Å². The molecule has 0 unspecified atom stereocenters. The minimum atomic E-state index is 0.231. The molecule has 0 amide bonds. The maximum Gasteiger partial charge on any atom is 0.134 e. The second-order valence-electron chi connectivity index (χ2n) is 6.69. The summed E-state index contributed by atoms with van der Waals surface area (Å²) in [6, 6.07) is 7.44. The van der Waals surface area contributed by atoms with Crippen LogP contribution in [0.25, 0.3) is 11.0 Å². The van der Waals surface area contributed by atoms with Crippen LogP contribution in [0.4, 0.5) is 0 Å². The summed E-state index contributed by atoms with van der Waals surface area (Å²) in [5.41, 5.74) is 3.99. The van der Waals surface area contributed by atoms with Crippen molar-refractivity contribution in [3.8, 4) is 0 Å². The van der Waals surface area contributed by atoms with Crippen LogP contribution in [0.15, 0.2) is 28.9 Å². The van der Waals surface area contributed by atoms with Crippen LogP contribution >= 0.6 is 0 Å². The van der Waals surface area contributed by atoms with Crippen LogP contribution in [0.1, 0.15) is 51.2 Å². The van der Waals surface area contributed by atoms with E-state index in [4.69, 9.17) is 4.42 Å². The molecule has 1 N–H and O–H groups in total. The Kier molecular flexibility index (Phi) is 3.59. The molecule has 0 atom stereocenters. The van der Waals surface area contributed by atoms with E-state index in [1.54, 1.807) is 0 Å². The lowest BCUT2D eigenvalue weighted by atomic mass is 9.82. The smallest absolute Gasteiger partial charge is 0.134 e. The van der Waals surface area contributed by atoms with Gasteiger partial charge >= 0.3 is 0 Å². The summed E-state index contributed by atoms with van der Waals surface area (Å²) < 4.78 is 5.70. The molecule has 0 bridgehead atoms. The van der Waals surface area contributed by atoms with Gasteiger partial charge in [0.2, 0.25) is 0 Å². The molecular weight excluding hydrogens is 246 g/mol. The van der Waals surface area contributed by atoms with Gasteiger partial charge in [0.15, 0.2) is 0 Å². The molecule has 2 nitrogen and oxygen atoms in total. The van der Waals surface area contributed by atoms with Crippen molar-refractivity contribution in [3.63, 3.8) is 0 Å². The summed E-state index contributed by atoms with van der Waals surface area (Å²) in [5, 5.41) is 4.87. The molecule has 0 spiro atoms. The molecule has 20 heavy (non-hydrogen) atoms. The van der Waals surface area contributed by atoms with Crippen molar-refractivity contribution in [1.82, 2.24) is 5.32 Å². The van der Waals surface area contributed by atoms with Crippen LogP contribution in [0.5, 0.6) is 0 Å². The van der Waals surface area contributed by atoms with E-state index in [9.17, 15) is 0 Å². The first kappa shape index (κ1) is 13.7. The Balaban J connectivity index is 1.82. The topological polar surface area (TPSA) is 25.2 Å². The Hall–Kier alpha value is -1.28. The fraction of sp³-hybridized carbons (Fsp3) is 0.556. The third-order valence-electron chi connectivity index (χ3n) is 4.72. The van der Waals surface area contributed by atoms with Crippen LogP contribution in [0.3, 0.4) is 0 Å². The zero-order valence-electron chi connectivity index (χ0n) is 12.8. The summed E-state index contributed by atoms with van der Waals surface area (Å²) in [6.45, 7) is 7.92. The average molecular weight is 271 g/mol. The maximum absolute atomic E-state index is 5.70. The van der Waals surface area contributed by atoms with Crippen LogP contribution in [0.2, 0.25) is 0 Å². The summed E-state index contributed by atoms with van der Waals surface area (Å²) in [5.74, 6) is 0. The van der Waals surface area contributed by atoms with Gasteiger partial charge in [-0.25, -0.2) is 0 Å². The first-order chi connectivity index (χ1) is 9.60. The largest absolute Gasteiger partial charge is 0.464 e. The first-order valence-electron chi connectivity index (χ1n) is 7.84. The molecule has 3 rings (SSSR count).